The number of nitrogens with zero attached hydrogens (tertiary/aromatic N) is 2. The van der Waals surface area contributed by atoms with E-state index in [0.29, 0.717) is 12.2 Å². The van der Waals surface area contributed by atoms with Crippen molar-refractivity contribution in [2.24, 2.45) is 7.05 Å². The van der Waals surface area contributed by atoms with Crippen LogP contribution in [-0.4, -0.2) is 31.9 Å². The third-order valence-corrected chi connectivity index (χ3v) is 3.52. The number of phenols is 1. The number of aliphatic carboxylic acids is 1. The van der Waals surface area contributed by atoms with Gasteiger partial charge in [0.05, 0.1) is 23.3 Å². The number of aromatic hydroxyl groups is 1. The maximum atomic E-state index is 12.9. The van der Waals surface area contributed by atoms with E-state index in [0.717, 1.165) is 22.9 Å². The van der Waals surface area contributed by atoms with E-state index in [-0.39, 0.29) is 5.75 Å². The standard InChI is InChI=1S/C15H14FN3O.C2HF3O2/c1-19-13-5-3-2-4-11(13)18-15(19)9-17-12-7-6-10(16)8-14(12)20;3-2(4,5)1(6)7/h2-8,17,20H,9H2,1H3;(H,6,7). The number of rotatable bonds is 3. The van der Waals surface area contributed by atoms with Gasteiger partial charge in [-0.3, -0.25) is 0 Å². The van der Waals surface area contributed by atoms with Crippen LogP contribution in [0.1, 0.15) is 5.82 Å². The predicted molar refractivity (Wildman–Crippen MR) is 89.8 cm³/mol. The first-order chi connectivity index (χ1) is 12.6. The average Bonchev–Trinajstić information content (AvgIpc) is 2.90. The largest absolute Gasteiger partial charge is 0.506 e. The highest BCUT2D eigenvalue weighted by Gasteiger charge is 2.38. The number of fused-ring (bicyclic) bond motifs is 1. The summed E-state index contributed by atoms with van der Waals surface area (Å²) < 4.78 is 46.6. The highest BCUT2D eigenvalue weighted by atomic mass is 19.4. The van der Waals surface area contributed by atoms with E-state index >= 15 is 0 Å². The van der Waals surface area contributed by atoms with Gasteiger partial charge in [0.25, 0.3) is 0 Å². The lowest BCUT2D eigenvalue weighted by Crippen LogP contribution is -2.21. The minimum absolute atomic E-state index is 0.108. The molecule has 0 aliphatic rings. The van der Waals surface area contributed by atoms with Crippen LogP contribution in [0.2, 0.25) is 0 Å². The van der Waals surface area contributed by atoms with Gasteiger partial charge < -0.3 is 20.1 Å². The fraction of sp³-hybridized carbons (Fsp3) is 0.176. The molecule has 0 spiro atoms. The van der Waals surface area contributed by atoms with Gasteiger partial charge in [-0.1, -0.05) is 12.1 Å². The molecule has 1 aromatic heterocycles. The van der Waals surface area contributed by atoms with Crippen LogP contribution in [0.5, 0.6) is 5.75 Å². The van der Waals surface area contributed by atoms with Crippen LogP contribution in [0, 0.1) is 5.82 Å². The third-order valence-electron chi connectivity index (χ3n) is 3.52. The normalized spacial score (nSPS) is 11.0. The molecule has 0 aliphatic carbocycles. The topological polar surface area (TPSA) is 87.4 Å². The van der Waals surface area contributed by atoms with E-state index in [2.05, 4.69) is 10.3 Å². The zero-order valence-corrected chi connectivity index (χ0v) is 14.0. The summed E-state index contributed by atoms with van der Waals surface area (Å²) in [7, 11) is 1.94. The summed E-state index contributed by atoms with van der Waals surface area (Å²) >= 11 is 0. The summed E-state index contributed by atoms with van der Waals surface area (Å²) in [5, 5.41) is 19.8. The number of anilines is 1. The van der Waals surface area contributed by atoms with E-state index in [9.17, 15) is 22.7 Å². The van der Waals surface area contributed by atoms with Crippen molar-refractivity contribution in [2.75, 3.05) is 5.32 Å². The number of benzene rings is 2. The first-order valence-corrected chi connectivity index (χ1v) is 7.52. The number of para-hydroxylation sites is 2. The maximum Gasteiger partial charge on any atom is 0.490 e. The van der Waals surface area contributed by atoms with Crippen LogP contribution >= 0.6 is 0 Å². The molecule has 3 N–H and O–H groups in total. The van der Waals surface area contributed by atoms with Gasteiger partial charge >= 0.3 is 12.1 Å². The monoisotopic (exact) mass is 385 g/mol. The Hall–Kier alpha value is -3.30. The van der Waals surface area contributed by atoms with Crippen molar-refractivity contribution >= 4 is 22.7 Å². The number of imidazole rings is 1. The minimum atomic E-state index is -5.08. The summed E-state index contributed by atoms with van der Waals surface area (Å²) in [5.74, 6) is -2.48. The third kappa shape index (κ3) is 5.09. The Morgan fingerprint density at radius 3 is 2.41 bits per heavy atom. The zero-order chi connectivity index (χ0) is 20.2. The molecule has 3 rings (SSSR count). The van der Waals surface area contributed by atoms with Gasteiger partial charge in [0.2, 0.25) is 0 Å². The Kier molecular flexibility index (Phi) is 5.88. The number of alkyl halides is 3. The van der Waals surface area contributed by atoms with Crippen molar-refractivity contribution in [3.8, 4) is 5.75 Å². The molecule has 10 heteroatoms. The number of carbonyl (C=O) groups is 1. The lowest BCUT2D eigenvalue weighted by molar-refractivity contribution is -0.192. The van der Waals surface area contributed by atoms with Crippen molar-refractivity contribution in [1.82, 2.24) is 9.55 Å². The number of carboxylic acids is 1. The first kappa shape index (κ1) is 20.0. The smallest absolute Gasteiger partial charge is 0.490 e. The number of aromatic nitrogens is 2. The van der Waals surface area contributed by atoms with Crippen molar-refractivity contribution in [2.45, 2.75) is 12.7 Å². The average molecular weight is 385 g/mol. The molecule has 3 aromatic rings. The molecule has 2 aromatic carbocycles. The summed E-state index contributed by atoms with van der Waals surface area (Å²) in [6, 6.07) is 11.8. The fourth-order valence-electron chi connectivity index (χ4n) is 2.18. The molecule has 0 unspecified atom stereocenters. The number of halogens is 4. The zero-order valence-electron chi connectivity index (χ0n) is 14.0. The molecule has 0 saturated carbocycles. The molecule has 144 valence electrons. The summed E-state index contributed by atoms with van der Waals surface area (Å²) in [4.78, 5) is 13.4. The van der Waals surface area contributed by atoms with Crippen molar-refractivity contribution < 1.29 is 32.6 Å². The number of aryl methyl sites for hydroxylation is 1. The second kappa shape index (κ2) is 7.94. The van der Waals surface area contributed by atoms with Gasteiger partial charge in [0, 0.05) is 13.1 Å². The second-order valence-electron chi connectivity index (χ2n) is 5.39. The molecular formula is C17H15F4N3O3. The molecule has 1 heterocycles. The lowest BCUT2D eigenvalue weighted by atomic mass is 10.3. The number of phenolic OH excluding ortho intramolecular Hbond substituents is 1. The van der Waals surface area contributed by atoms with Crippen molar-refractivity contribution in [3.05, 3.63) is 54.1 Å². The lowest BCUT2D eigenvalue weighted by Gasteiger charge is -2.08. The Morgan fingerprint density at radius 1 is 1.22 bits per heavy atom. The van der Waals surface area contributed by atoms with Gasteiger partial charge in [-0.25, -0.2) is 14.2 Å². The van der Waals surface area contributed by atoms with E-state index in [1.807, 2.05) is 35.9 Å². The Balaban J connectivity index is 0.000000321. The van der Waals surface area contributed by atoms with E-state index in [1.165, 1.54) is 12.1 Å². The molecule has 0 bridgehead atoms. The SMILES string of the molecule is Cn1c(CNc2ccc(F)cc2O)nc2ccccc21.O=C(O)C(F)(F)F. The maximum absolute atomic E-state index is 12.9. The van der Waals surface area contributed by atoms with Crippen LogP contribution in [-0.2, 0) is 18.4 Å². The van der Waals surface area contributed by atoms with Gasteiger partial charge in [-0.05, 0) is 24.3 Å². The molecule has 0 radical (unpaired) electrons. The highest BCUT2D eigenvalue weighted by Crippen LogP contribution is 2.24. The Morgan fingerprint density at radius 2 is 1.85 bits per heavy atom. The Bertz CT molecular complexity index is 954. The Labute approximate surface area is 150 Å². The van der Waals surface area contributed by atoms with Gasteiger partial charge in [-0.2, -0.15) is 13.2 Å². The molecule has 0 atom stereocenters. The number of hydrogen-bond donors (Lipinski definition) is 3. The highest BCUT2D eigenvalue weighted by molar-refractivity contribution is 5.75. The number of hydrogen-bond acceptors (Lipinski definition) is 4. The first-order valence-electron chi connectivity index (χ1n) is 7.52. The number of nitrogens with one attached hydrogen (secondary N) is 1. The summed E-state index contributed by atoms with van der Waals surface area (Å²) in [6.07, 6.45) is -5.08. The predicted octanol–water partition coefficient (Wildman–Crippen LogP) is 3.66. The van der Waals surface area contributed by atoms with E-state index in [1.54, 1.807) is 0 Å². The van der Waals surface area contributed by atoms with Crippen LogP contribution in [0.15, 0.2) is 42.5 Å². The second-order valence-corrected chi connectivity index (χ2v) is 5.39. The van der Waals surface area contributed by atoms with Crippen LogP contribution in [0.25, 0.3) is 11.0 Å². The fourth-order valence-corrected chi connectivity index (χ4v) is 2.18. The quantitative estimate of drug-likeness (QED) is 0.473. The van der Waals surface area contributed by atoms with Gasteiger partial charge in [-0.15, -0.1) is 0 Å². The van der Waals surface area contributed by atoms with Gasteiger partial charge in [0.15, 0.2) is 0 Å². The summed E-state index contributed by atoms with van der Waals surface area (Å²) in [6.45, 7) is 0.449. The molecule has 27 heavy (non-hydrogen) atoms. The van der Waals surface area contributed by atoms with Crippen LogP contribution < -0.4 is 5.32 Å². The molecule has 6 nitrogen and oxygen atoms in total. The van der Waals surface area contributed by atoms with Crippen molar-refractivity contribution in [3.63, 3.8) is 0 Å². The molecular weight excluding hydrogens is 370 g/mol. The van der Waals surface area contributed by atoms with Crippen LogP contribution in [0.4, 0.5) is 23.2 Å². The van der Waals surface area contributed by atoms with E-state index in [4.69, 9.17) is 9.90 Å². The minimum Gasteiger partial charge on any atom is -0.506 e. The van der Waals surface area contributed by atoms with E-state index < -0.39 is 18.0 Å². The summed E-state index contributed by atoms with van der Waals surface area (Å²) in [5.41, 5.74) is 2.46. The molecule has 0 fully saturated rings. The van der Waals surface area contributed by atoms with Crippen LogP contribution in [0.3, 0.4) is 0 Å². The molecule has 0 amide bonds. The van der Waals surface area contributed by atoms with Crippen molar-refractivity contribution in [1.29, 1.82) is 0 Å². The molecule has 0 aliphatic heterocycles. The van der Waals surface area contributed by atoms with Gasteiger partial charge in [0.1, 0.15) is 17.4 Å². The number of carboxylic acid groups (broad SMARTS) is 1. The molecule has 0 saturated heterocycles.